The van der Waals surface area contributed by atoms with Crippen molar-refractivity contribution >= 4 is 41.5 Å². The molecular weight excluding hydrogens is 437 g/mol. The maximum absolute atomic E-state index is 5.89. The number of hydrogen-bond acceptors (Lipinski definition) is 2. The minimum absolute atomic E-state index is 0. The molecule has 0 aromatic heterocycles. The van der Waals surface area contributed by atoms with Crippen LogP contribution in [0.5, 0.6) is 5.75 Å². The maximum Gasteiger partial charge on any atom is 0.191 e. The van der Waals surface area contributed by atoms with Crippen molar-refractivity contribution in [2.45, 2.75) is 13.0 Å². The first-order chi connectivity index (χ1) is 11.2. The maximum atomic E-state index is 5.89. The molecule has 0 bridgehead atoms. The van der Waals surface area contributed by atoms with Gasteiger partial charge in [0.05, 0.1) is 7.11 Å². The fourth-order valence-electron chi connectivity index (χ4n) is 2.17. The van der Waals surface area contributed by atoms with E-state index in [0.717, 1.165) is 35.3 Å². The lowest BCUT2D eigenvalue weighted by Crippen LogP contribution is -2.37. The molecule has 0 aliphatic rings. The summed E-state index contributed by atoms with van der Waals surface area (Å²) < 4.78 is 5.23. The molecule has 0 saturated carbocycles. The Hall–Kier alpha value is -1.47. The van der Waals surface area contributed by atoms with Gasteiger partial charge in [-0.25, -0.2) is 0 Å². The monoisotopic (exact) mass is 459 g/mol. The third-order valence-electron chi connectivity index (χ3n) is 3.44. The first kappa shape index (κ1) is 20.6. The summed E-state index contributed by atoms with van der Waals surface area (Å²) in [5.41, 5.74) is 2.38. The summed E-state index contributed by atoms with van der Waals surface area (Å²) >= 11 is 5.89. The standard InChI is InChI=1S/C18H22ClN3O.HI/c1-20-18(21-11-10-14-6-8-16(19)9-7-14)22-13-15-4-3-5-17(12-15)23-2;/h3-9,12H,10-11,13H2,1-2H3,(H2,20,21,22);1H. The second-order valence-corrected chi connectivity index (χ2v) is 5.52. The van der Waals surface area contributed by atoms with Gasteiger partial charge in [-0.15, -0.1) is 24.0 Å². The first-order valence-corrected chi connectivity index (χ1v) is 7.91. The Balaban J connectivity index is 0.00000288. The van der Waals surface area contributed by atoms with E-state index in [-0.39, 0.29) is 24.0 Å². The van der Waals surface area contributed by atoms with Crippen LogP contribution in [0.25, 0.3) is 0 Å². The average Bonchev–Trinajstić information content (AvgIpc) is 2.59. The van der Waals surface area contributed by atoms with Crippen LogP contribution >= 0.6 is 35.6 Å². The predicted molar refractivity (Wildman–Crippen MR) is 112 cm³/mol. The summed E-state index contributed by atoms with van der Waals surface area (Å²) in [6, 6.07) is 15.9. The van der Waals surface area contributed by atoms with E-state index in [2.05, 4.69) is 21.7 Å². The van der Waals surface area contributed by atoms with Crippen molar-refractivity contribution < 1.29 is 4.74 Å². The smallest absolute Gasteiger partial charge is 0.191 e. The summed E-state index contributed by atoms with van der Waals surface area (Å²) in [6.07, 6.45) is 0.914. The van der Waals surface area contributed by atoms with Crippen LogP contribution < -0.4 is 15.4 Å². The van der Waals surface area contributed by atoms with Gasteiger partial charge in [-0.3, -0.25) is 4.99 Å². The molecule has 0 saturated heterocycles. The fourth-order valence-corrected chi connectivity index (χ4v) is 2.29. The van der Waals surface area contributed by atoms with E-state index in [1.807, 2.05) is 42.5 Å². The normalized spacial score (nSPS) is 10.7. The highest BCUT2D eigenvalue weighted by Crippen LogP contribution is 2.12. The van der Waals surface area contributed by atoms with E-state index in [1.165, 1.54) is 5.56 Å². The summed E-state index contributed by atoms with van der Waals surface area (Å²) in [4.78, 5) is 4.23. The van der Waals surface area contributed by atoms with Crippen LogP contribution in [0.15, 0.2) is 53.5 Å². The molecule has 0 unspecified atom stereocenters. The predicted octanol–water partition coefficient (Wildman–Crippen LogP) is 3.87. The number of guanidine groups is 1. The summed E-state index contributed by atoms with van der Waals surface area (Å²) in [5, 5.41) is 7.36. The fraction of sp³-hybridized carbons (Fsp3) is 0.278. The molecule has 0 aliphatic carbocycles. The van der Waals surface area contributed by atoms with Gasteiger partial charge in [0.15, 0.2) is 5.96 Å². The van der Waals surface area contributed by atoms with Crippen LogP contribution in [0, 0.1) is 0 Å². The Morgan fingerprint density at radius 1 is 1.08 bits per heavy atom. The molecule has 0 spiro atoms. The zero-order chi connectivity index (χ0) is 16.5. The van der Waals surface area contributed by atoms with Crippen LogP contribution in [-0.4, -0.2) is 26.7 Å². The molecule has 0 atom stereocenters. The van der Waals surface area contributed by atoms with Gasteiger partial charge in [-0.2, -0.15) is 0 Å². The van der Waals surface area contributed by atoms with E-state index in [0.29, 0.717) is 6.54 Å². The summed E-state index contributed by atoms with van der Waals surface area (Å²) in [7, 11) is 3.44. The first-order valence-electron chi connectivity index (χ1n) is 7.53. The van der Waals surface area contributed by atoms with Gasteiger partial charge in [-0.1, -0.05) is 35.9 Å². The van der Waals surface area contributed by atoms with E-state index >= 15 is 0 Å². The van der Waals surface area contributed by atoms with Gasteiger partial charge in [0, 0.05) is 25.2 Å². The highest BCUT2D eigenvalue weighted by molar-refractivity contribution is 14.0. The Bertz CT molecular complexity index is 647. The number of ether oxygens (including phenoxy) is 1. The highest BCUT2D eigenvalue weighted by atomic mass is 127. The van der Waals surface area contributed by atoms with Crippen molar-refractivity contribution in [2.24, 2.45) is 4.99 Å². The number of nitrogens with zero attached hydrogens (tertiary/aromatic N) is 1. The third kappa shape index (κ3) is 6.97. The largest absolute Gasteiger partial charge is 0.497 e. The van der Waals surface area contributed by atoms with Gasteiger partial charge >= 0.3 is 0 Å². The molecule has 0 aliphatic heterocycles. The summed E-state index contributed by atoms with van der Waals surface area (Å²) in [6.45, 7) is 1.50. The second kappa shape index (κ2) is 11.1. The number of methoxy groups -OCH3 is 1. The number of aliphatic imine (C=N–C) groups is 1. The van der Waals surface area contributed by atoms with E-state index < -0.39 is 0 Å². The number of hydrogen-bond donors (Lipinski definition) is 2. The van der Waals surface area contributed by atoms with E-state index in [9.17, 15) is 0 Å². The molecule has 2 aromatic rings. The third-order valence-corrected chi connectivity index (χ3v) is 3.69. The zero-order valence-corrected chi connectivity index (χ0v) is 17.0. The minimum Gasteiger partial charge on any atom is -0.497 e. The molecule has 2 aromatic carbocycles. The molecule has 130 valence electrons. The lowest BCUT2D eigenvalue weighted by Gasteiger charge is -2.12. The molecule has 24 heavy (non-hydrogen) atoms. The molecule has 0 fully saturated rings. The molecular formula is C18H23ClIN3O. The second-order valence-electron chi connectivity index (χ2n) is 5.08. The van der Waals surface area contributed by atoms with Gasteiger partial charge in [-0.05, 0) is 41.8 Å². The Morgan fingerprint density at radius 2 is 1.83 bits per heavy atom. The van der Waals surface area contributed by atoms with Crippen molar-refractivity contribution in [1.29, 1.82) is 0 Å². The average molecular weight is 460 g/mol. The molecule has 0 heterocycles. The van der Waals surface area contributed by atoms with Crippen LogP contribution in [0.1, 0.15) is 11.1 Å². The van der Waals surface area contributed by atoms with E-state index in [1.54, 1.807) is 14.2 Å². The lowest BCUT2D eigenvalue weighted by atomic mass is 10.1. The Kier molecular flexibility index (Phi) is 9.56. The Labute approximate surface area is 165 Å². The molecule has 2 rings (SSSR count). The van der Waals surface area contributed by atoms with Crippen molar-refractivity contribution in [2.75, 3.05) is 20.7 Å². The van der Waals surface area contributed by atoms with Crippen LogP contribution in [0.2, 0.25) is 5.02 Å². The van der Waals surface area contributed by atoms with Crippen molar-refractivity contribution in [1.82, 2.24) is 10.6 Å². The van der Waals surface area contributed by atoms with Crippen LogP contribution in [0.3, 0.4) is 0 Å². The van der Waals surface area contributed by atoms with Crippen LogP contribution in [0.4, 0.5) is 0 Å². The van der Waals surface area contributed by atoms with E-state index in [4.69, 9.17) is 16.3 Å². The molecule has 2 N–H and O–H groups in total. The molecule has 0 amide bonds. The van der Waals surface area contributed by atoms with Crippen LogP contribution in [-0.2, 0) is 13.0 Å². The summed E-state index contributed by atoms with van der Waals surface area (Å²) in [5.74, 6) is 1.64. The number of halogens is 2. The van der Waals surface area contributed by atoms with Crippen molar-refractivity contribution in [3.8, 4) is 5.75 Å². The van der Waals surface area contributed by atoms with Crippen molar-refractivity contribution in [3.05, 3.63) is 64.7 Å². The van der Waals surface area contributed by atoms with Gasteiger partial charge in [0.1, 0.15) is 5.75 Å². The van der Waals surface area contributed by atoms with Crippen molar-refractivity contribution in [3.63, 3.8) is 0 Å². The SMILES string of the molecule is CN=C(NCCc1ccc(Cl)cc1)NCc1cccc(OC)c1.I. The molecule has 6 heteroatoms. The quantitative estimate of drug-likeness (QED) is 0.392. The zero-order valence-electron chi connectivity index (χ0n) is 13.9. The van der Waals surface area contributed by atoms with Gasteiger partial charge in [0.25, 0.3) is 0 Å². The highest BCUT2D eigenvalue weighted by Gasteiger charge is 2.00. The number of nitrogens with one attached hydrogen (secondary N) is 2. The molecule has 0 radical (unpaired) electrons. The lowest BCUT2D eigenvalue weighted by molar-refractivity contribution is 0.414. The number of rotatable bonds is 6. The Morgan fingerprint density at radius 3 is 2.50 bits per heavy atom. The topological polar surface area (TPSA) is 45.7 Å². The van der Waals surface area contributed by atoms with Gasteiger partial charge < -0.3 is 15.4 Å². The molecule has 4 nitrogen and oxygen atoms in total. The van der Waals surface area contributed by atoms with Gasteiger partial charge in [0.2, 0.25) is 0 Å². The minimum atomic E-state index is 0. The number of benzene rings is 2.